The van der Waals surface area contributed by atoms with Gasteiger partial charge in [0, 0.05) is 0 Å². The predicted molar refractivity (Wildman–Crippen MR) is 203 cm³/mol. The summed E-state index contributed by atoms with van der Waals surface area (Å²) >= 11 is 0. The van der Waals surface area contributed by atoms with E-state index in [1.54, 1.807) is 121 Å². The predicted octanol–water partition coefficient (Wildman–Crippen LogP) is 8.12. The van der Waals surface area contributed by atoms with E-state index in [1.807, 2.05) is 13.8 Å². The number of benzene rings is 5. The summed E-state index contributed by atoms with van der Waals surface area (Å²) in [7, 11) is -9.67. The number of hydrogen-bond acceptors (Lipinski definition) is 14. The second-order valence-corrected chi connectivity index (χ2v) is 17.9. The molecule has 1 atom stereocenters. The van der Waals surface area contributed by atoms with Gasteiger partial charge in [-0.05, 0) is 0 Å². The number of hydrogen-bond donors (Lipinski definition) is 6. The molecular weight excluding hydrogens is 697 g/mol. The minimum atomic E-state index is -5.22. The van der Waals surface area contributed by atoms with E-state index in [-0.39, 0.29) is 0 Å². The molecule has 5 aromatic carbocycles. The number of nitrogens with one attached hydrogen (secondary N) is 1. The molecule has 0 aromatic heterocycles. The molecule has 5 aromatic rings. The van der Waals surface area contributed by atoms with Gasteiger partial charge in [-0.25, -0.2) is 0 Å². The van der Waals surface area contributed by atoms with E-state index < -0.39 is 30.2 Å². The molecule has 0 saturated heterocycles. The summed E-state index contributed by atoms with van der Waals surface area (Å²) in [5.74, 6) is 1.71. The molecule has 0 amide bonds. The molecule has 0 saturated carbocycles. The molecule has 1 aliphatic rings. The van der Waals surface area contributed by atoms with Crippen molar-refractivity contribution in [1.29, 1.82) is 0 Å². The maximum atomic E-state index is 7.05. The Bertz CT molecular complexity index is 1870. The zero-order valence-corrected chi connectivity index (χ0v) is 30.0. The summed E-state index contributed by atoms with van der Waals surface area (Å²) in [5.41, 5.74) is 32.9. The van der Waals surface area contributed by atoms with Gasteiger partial charge in [-0.1, -0.05) is 0 Å². The summed E-state index contributed by atoms with van der Waals surface area (Å²) < 4.78 is 41.1. The SMILES string of the molecule is CC(C)OP1(Oc2ccc(N)cc2)(Oc2ccc(N)cc2)NPN=P(Oc2ccc(N)cc2)(Oc2ccc(N)cc2)N1Oc1ccc(N)cc1. The number of nitrogens with zero attached hydrogens (tertiary/aromatic N) is 2. The summed E-state index contributed by atoms with van der Waals surface area (Å²) in [6, 6.07) is 33.9. The molecule has 1 aliphatic heterocycles. The van der Waals surface area contributed by atoms with E-state index >= 15 is 0 Å². The van der Waals surface area contributed by atoms with Crippen molar-refractivity contribution in [2.24, 2.45) is 4.52 Å². The fraction of sp³-hybridized carbons (Fsp3) is 0.0909. The molecule has 50 heavy (non-hydrogen) atoms. The van der Waals surface area contributed by atoms with Crippen molar-refractivity contribution in [3.8, 4) is 28.7 Å². The first-order valence-electron chi connectivity index (χ1n) is 15.4. The van der Waals surface area contributed by atoms with Crippen LogP contribution >= 0.6 is 24.1 Å². The van der Waals surface area contributed by atoms with E-state index in [1.165, 1.54) is 4.60 Å². The van der Waals surface area contributed by atoms with Crippen LogP contribution in [0.2, 0.25) is 0 Å². The molecule has 0 aliphatic carbocycles. The van der Waals surface area contributed by atoms with E-state index in [0.29, 0.717) is 57.2 Å². The van der Waals surface area contributed by atoms with Crippen molar-refractivity contribution >= 4 is 52.6 Å². The van der Waals surface area contributed by atoms with Crippen LogP contribution in [0, 0.1) is 0 Å². The van der Waals surface area contributed by atoms with Crippen LogP contribution in [0.5, 0.6) is 28.7 Å². The molecule has 0 bridgehead atoms. The van der Waals surface area contributed by atoms with Crippen LogP contribution in [-0.2, 0) is 4.52 Å². The van der Waals surface area contributed by atoms with Gasteiger partial charge in [-0.2, -0.15) is 0 Å². The van der Waals surface area contributed by atoms with Crippen LogP contribution in [0.4, 0.5) is 28.4 Å². The van der Waals surface area contributed by atoms with Gasteiger partial charge in [0.25, 0.3) is 0 Å². The number of rotatable bonds is 12. The molecule has 11 N–H and O–H groups in total. The Morgan fingerprint density at radius 1 is 0.560 bits per heavy atom. The van der Waals surface area contributed by atoms with E-state index in [0.717, 1.165) is 0 Å². The molecule has 0 spiro atoms. The first kappa shape index (κ1) is 34.9. The van der Waals surface area contributed by atoms with Gasteiger partial charge in [0.2, 0.25) is 0 Å². The van der Waals surface area contributed by atoms with Gasteiger partial charge in [0.15, 0.2) is 0 Å². The first-order valence-corrected chi connectivity index (χ1v) is 19.8. The standard InChI is InChI=1S/C33H39N8O6P3/c1-23(2)45-50(46-32-19-9-27(37)10-20-32,47-33-21-11-28(38)12-22-33)40-48-39-49(43-30-15-5-25(35)6-16-30,44-31-17-7-26(36)8-18-31)41(50)42-29-13-3-24(34)4-14-29/h3-23,40,48H,34-38H2,1-2H3. The molecule has 17 heteroatoms. The number of nitrogens with two attached hydrogens (primary N) is 5. The second kappa shape index (κ2) is 14.1. The van der Waals surface area contributed by atoms with Crippen molar-refractivity contribution in [1.82, 2.24) is 9.46 Å². The summed E-state index contributed by atoms with van der Waals surface area (Å²) in [6.07, 6.45) is -0.543. The molecule has 262 valence electrons. The molecule has 1 heterocycles. The Balaban J connectivity index is 1.67. The van der Waals surface area contributed by atoms with Gasteiger partial charge in [-0.3, -0.25) is 0 Å². The van der Waals surface area contributed by atoms with Gasteiger partial charge >= 0.3 is 293 Å². The van der Waals surface area contributed by atoms with E-state index in [2.05, 4.69) is 4.86 Å². The summed E-state index contributed by atoms with van der Waals surface area (Å²) in [4.78, 5) is 10.2. The third kappa shape index (κ3) is 7.61. The van der Waals surface area contributed by atoms with Crippen molar-refractivity contribution in [2.75, 3.05) is 28.7 Å². The Labute approximate surface area is 292 Å². The fourth-order valence-corrected chi connectivity index (χ4v) is 14.4. The first-order chi connectivity index (χ1) is 23.9. The van der Waals surface area contributed by atoms with Crippen molar-refractivity contribution in [3.05, 3.63) is 121 Å². The zero-order valence-electron chi connectivity index (χ0n) is 27.2. The number of nitrogen functional groups attached to an aromatic ring is 5. The van der Waals surface area contributed by atoms with Gasteiger partial charge in [0.1, 0.15) is 0 Å². The van der Waals surface area contributed by atoms with Crippen LogP contribution in [0.25, 0.3) is 0 Å². The van der Waals surface area contributed by atoms with Gasteiger partial charge in [0.05, 0.1) is 0 Å². The van der Waals surface area contributed by atoms with Crippen molar-refractivity contribution < 1.29 is 27.5 Å². The van der Waals surface area contributed by atoms with Crippen LogP contribution in [0.15, 0.2) is 126 Å². The Morgan fingerprint density at radius 3 is 1.26 bits per heavy atom. The monoisotopic (exact) mass is 736 g/mol. The minimum absolute atomic E-state index is 0.316. The zero-order chi connectivity index (χ0) is 35.4. The topological polar surface area (TPSA) is 213 Å². The molecule has 1 unspecified atom stereocenters. The average Bonchev–Trinajstić information content (AvgIpc) is 3.08. The third-order valence-corrected chi connectivity index (χ3v) is 15.7. The van der Waals surface area contributed by atoms with Gasteiger partial charge in [-0.15, -0.1) is 0 Å². The Morgan fingerprint density at radius 2 is 0.900 bits per heavy atom. The molecule has 0 radical (unpaired) electrons. The van der Waals surface area contributed by atoms with E-state index in [4.69, 9.17) is 60.6 Å². The van der Waals surface area contributed by atoms with Crippen LogP contribution < -0.4 is 56.5 Å². The quantitative estimate of drug-likeness (QED) is 0.0528. The van der Waals surface area contributed by atoms with Crippen molar-refractivity contribution in [2.45, 2.75) is 20.0 Å². The molecule has 0 fully saturated rings. The van der Waals surface area contributed by atoms with Crippen LogP contribution in [-0.4, -0.2) is 10.7 Å². The Hall–Kier alpha value is -4.93. The van der Waals surface area contributed by atoms with E-state index in [9.17, 15) is 0 Å². The fourth-order valence-electron chi connectivity index (χ4n) is 4.70. The van der Waals surface area contributed by atoms with Crippen molar-refractivity contribution in [3.63, 3.8) is 0 Å². The second-order valence-electron chi connectivity index (χ2n) is 11.4. The third-order valence-electron chi connectivity index (χ3n) is 6.89. The van der Waals surface area contributed by atoms with Gasteiger partial charge < -0.3 is 0 Å². The maximum absolute atomic E-state index is 7.05. The molecule has 6 rings (SSSR count). The molecular formula is C33H39N8O6P3. The average molecular weight is 737 g/mol. The van der Waals surface area contributed by atoms with Crippen LogP contribution in [0.1, 0.15) is 13.8 Å². The van der Waals surface area contributed by atoms with Crippen LogP contribution in [0.3, 0.4) is 0 Å². The Kier molecular flexibility index (Phi) is 9.87. The summed E-state index contributed by atoms with van der Waals surface area (Å²) in [6.45, 7) is 3.68. The normalized spacial score (nSPS) is 17.5. The summed E-state index contributed by atoms with van der Waals surface area (Å²) in [5, 5.41) is 0. The number of anilines is 5. The molecule has 14 nitrogen and oxygen atoms in total.